The standard InChI is InChI=1S/C16H17N5/c17-10-13-4-6-15(18-11-13)20-14-5-7-16(19-12-14)21-8-2-1-3-9-21/h4-7,11-12H,1-3,8-9H2,(H,18,20). The maximum atomic E-state index is 8.75. The molecule has 0 spiro atoms. The number of pyridine rings is 2. The molecule has 2 aromatic heterocycles. The lowest BCUT2D eigenvalue weighted by atomic mass is 10.1. The van der Waals surface area contributed by atoms with E-state index in [9.17, 15) is 0 Å². The summed E-state index contributed by atoms with van der Waals surface area (Å²) in [5.41, 5.74) is 1.45. The Morgan fingerprint density at radius 2 is 1.86 bits per heavy atom. The molecule has 1 N–H and O–H groups in total. The van der Waals surface area contributed by atoms with Gasteiger partial charge >= 0.3 is 0 Å². The van der Waals surface area contributed by atoms with Crippen LogP contribution < -0.4 is 10.2 Å². The molecule has 0 bridgehead atoms. The molecule has 1 fully saturated rings. The minimum absolute atomic E-state index is 0.555. The first-order valence-corrected chi connectivity index (χ1v) is 7.19. The first-order chi connectivity index (χ1) is 10.3. The Hall–Kier alpha value is -2.61. The highest BCUT2D eigenvalue weighted by molar-refractivity contribution is 5.57. The Kier molecular flexibility index (Phi) is 3.97. The average Bonchev–Trinajstić information content (AvgIpc) is 2.57. The summed E-state index contributed by atoms with van der Waals surface area (Å²) in [7, 11) is 0. The van der Waals surface area contributed by atoms with Gasteiger partial charge in [-0.15, -0.1) is 0 Å². The quantitative estimate of drug-likeness (QED) is 0.935. The van der Waals surface area contributed by atoms with E-state index in [0.29, 0.717) is 11.4 Å². The summed E-state index contributed by atoms with van der Waals surface area (Å²) in [6.07, 6.45) is 7.19. The lowest BCUT2D eigenvalue weighted by Crippen LogP contribution is -2.29. The van der Waals surface area contributed by atoms with Gasteiger partial charge in [-0.3, -0.25) is 0 Å². The van der Waals surface area contributed by atoms with Crippen LogP contribution in [0.1, 0.15) is 24.8 Å². The highest BCUT2D eigenvalue weighted by Crippen LogP contribution is 2.20. The molecule has 5 heteroatoms. The fourth-order valence-electron chi connectivity index (χ4n) is 2.45. The van der Waals surface area contributed by atoms with Gasteiger partial charge in [0.25, 0.3) is 0 Å². The second kappa shape index (κ2) is 6.23. The number of aromatic nitrogens is 2. The van der Waals surface area contributed by atoms with Gasteiger partial charge in [0.2, 0.25) is 0 Å². The molecule has 0 unspecified atom stereocenters. The Morgan fingerprint density at radius 3 is 2.48 bits per heavy atom. The predicted molar refractivity (Wildman–Crippen MR) is 82.5 cm³/mol. The fourth-order valence-corrected chi connectivity index (χ4v) is 2.45. The van der Waals surface area contributed by atoms with Gasteiger partial charge < -0.3 is 10.2 Å². The Balaban J connectivity index is 1.67. The van der Waals surface area contributed by atoms with Crippen LogP contribution in [0.2, 0.25) is 0 Å². The SMILES string of the molecule is N#Cc1ccc(Nc2ccc(N3CCCCC3)nc2)nc1. The van der Waals surface area contributed by atoms with Gasteiger partial charge in [0.05, 0.1) is 17.4 Å². The van der Waals surface area contributed by atoms with Crippen molar-refractivity contribution in [2.75, 3.05) is 23.3 Å². The van der Waals surface area contributed by atoms with E-state index >= 15 is 0 Å². The van der Waals surface area contributed by atoms with Gasteiger partial charge in [-0.1, -0.05) is 0 Å². The smallest absolute Gasteiger partial charge is 0.130 e. The molecule has 1 saturated heterocycles. The number of rotatable bonds is 3. The van der Waals surface area contributed by atoms with Crippen LogP contribution in [0.25, 0.3) is 0 Å². The minimum Gasteiger partial charge on any atom is -0.357 e. The Labute approximate surface area is 124 Å². The first-order valence-electron chi connectivity index (χ1n) is 7.19. The highest BCUT2D eigenvalue weighted by Gasteiger charge is 2.11. The van der Waals surface area contributed by atoms with Crippen molar-refractivity contribution in [3.63, 3.8) is 0 Å². The minimum atomic E-state index is 0.555. The van der Waals surface area contributed by atoms with Gasteiger partial charge in [0, 0.05) is 19.3 Å². The zero-order chi connectivity index (χ0) is 14.5. The van der Waals surface area contributed by atoms with Crippen LogP contribution >= 0.6 is 0 Å². The number of nitrogens with one attached hydrogen (secondary N) is 1. The normalized spacial score (nSPS) is 14.5. The van der Waals surface area contributed by atoms with Crippen LogP contribution in [0.5, 0.6) is 0 Å². The molecule has 3 rings (SSSR count). The summed E-state index contributed by atoms with van der Waals surface area (Å²) in [6, 6.07) is 9.63. The predicted octanol–water partition coefficient (Wildman–Crippen LogP) is 3.08. The van der Waals surface area contributed by atoms with Crippen molar-refractivity contribution >= 4 is 17.3 Å². The van der Waals surface area contributed by atoms with Gasteiger partial charge in [-0.2, -0.15) is 5.26 Å². The first kappa shape index (κ1) is 13.4. The molecule has 0 aromatic carbocycles. The lowest BCUT2D eigenvalue weighted by molar-refractivity contribution is 0.573. The van der Waals surface area contributed by atoms with Crippen LogP contribution in [-0.4, -0.2) is 23.1 Å². The van der Waals surface area contributed by atoms with Crippen LogP contribution in [0, 0.1) is 11.3 Å². The maximum Gasteiger partial charge on any atom is 0.130 e. The van der Waals surface area contributed by atoms with E-state index in [1.807, 2.05) is 18.3 Å². The van der Waals surface area contributed by atoms with E-state index in [4.69, 9.17) is 5.26 Å². The molecule has 1 aliphatic heterocycles. The lowest BCUT2D eigenvalue weighted by Gasteiger charge is -2.27. The highest BCUT2D eigenvalue weighted by atomic mass is 15.2. The van der Waals surface area contributed by atoms with Gasteiger partial charge in [-0.05, 0) is 43.5 Å². The van der Waals surface area contributed by atoms with Crippen LogP contribution in [0.3, 0.4) is 0 Å². The molecule has 2 aromatic rings. The number of piperidine rings is 1. The molecule has 0 amide bonds. The van der Waals surface area contributed by atoms with E-state index in [2.05, 4.69) is 26.3 Å². The van der Waals surface area contributed by atoms with Crippen molar-refractivity contribution < 1.29 is 0 Å². The molecule has 0 saturated carbocycles. The van der Waals surface area contributed by atoms with Crippen LogP contribution in [0.4, 0.5) is 17.3 Å². The number of nitriles is 1. The zero-order valence-corrected chi connectivity index (χ0v) is 11.8. The fraction of sp³-hybridized carbons (Fsp3) is 0.312. The largest absolute Gasteiger partial charge is 0.357 e. The number of hydrogen-bond donors (Lipinski definition) is 1. The molecule has 21 heavy (non-hydrogen) atoms. The van der Waals surface area contributed by atoms with Crippen molar-refractivity contribution in [2.45, 2.75) is 19.3 Å². The molecule has 106 valence electrons. The summed E-state index contributed by atoms with van der Waals surface area (Å²) >= 11 is 0. The molecule has 0 aliphatic carbocycles. The Bertz CT molecular complexity index is 621. The third-order valence-corrected chi connectivity index (χ3v) is 3.59. The van der Waals surface area contributed by atoms with Crippen molar-refractivity contribution in [1.29, 1.82) is 5.26 Å². The summed E-state index contributed by atoms with van der Waals surface area (Å²) in [5.74, 6) is 1.74. The van der Waals surface area contributed by atoms with Gasteiger partial charge in [-0.25, -0.2) is 9.97 Å². The van der Waals surface area contributed by atoms with Crippen molar-refractivity contribution in [3.05, 3.63) is 42.2 Å². The van der Waals surface area contributed by atoms with Crippen molar-refractivity contribution in [2.24, 2.45) is 0 Å². The maximum absolute atomic E-state index is 8.75. The molecular formula is C16H17N5. The van der Waals surface area contributed by atoms with Crippen LogP contribution in [0.15, 0.2) is 36.7 Å². The van der Waals surface area contributed by atoms with E-state index < -0.39 is 0 Å². The third-order valence-electron chi connectivity index (χ3n) is 3.59. The molecule has 1 aliphatic rings. The van der Waals surface area contributed by atoms with E-state index in [0.717, 1.165) is 24.6 Å². The van der Waals surface area contributed by atoms with Gasteiger partial charge in [0.15, 0.2) is 0 Å². The zero-order valence-electron chi connectivity index (χ0n) is 11.8. The summed E-state index contributed by atoms with van der Waals surface area (Å²) < 4.78 is 0. The third kappa shape index (κ3) is 3.29. The topological polar surface area (TPSA) is 64.8 Å². The van der Waals surface area contributed by atoms with E-state index in [1.165, 1.54) is 19.3 Å². The molecule has 5 nitrogen and oxygen atoms in total. The van der Waals surface area contributed by atoms with Crippen molar-refractivity contribution in [3.8, 4) is 6.07 Å². The number of nitrogens with zero attached hydrogens (tertiary/aromatic N) is 4. The monoisotopic (exact) mass is 279 g/mol. The Morgan fingerprint density at radius 1 is 1.00 bits per heavy atom. The molecule has 3 heterocycles. The molecular weight excluding hydrogens is 262 g/mol. The summed E-state index contributed by atoms with van der Waals surface area (Å²) in [4.78, 5) is 11.0. The summed E-state index contributed by atoms with van der Waals surface area (Å²) in [6.45, 7) is 2.19. The molecule has 0 atom stereocenters. The van der Waals surface area contributed by atoms with Crippen molar-refractivity contribution in [1.82, 2.24) is 9.97 Å². The second-order valence-corrected chi connectivity index (χ2v) is 5.12. The van der Waals surface area contributed by atoms with E-state index in [-0.39, 0.29) is 0 Å². The molecule has 0 radical (unpaired) electrons. The average molecular weight is 279 g/mol. The number of hydrogen-bond acceptors (Lipinski definition) is 5. The number of anilines is 3. The summed E-state index contributed by atoms with van der Waals surface area (Å²) in [5, 5.41) is 11.9. The van der Waals surface area contributed by atoms with E-state index in [1.54, 1.807) is 18.3 Å². The van der Waals surface area contributed by atoms with Crippen LogP contribution in [-0.2, 0) is 0 Å². The van der Waals surface area contributed by atoms with Gasteiger partial charge in [0.1, 0.15) is 17.7 Å². The second-order valence-electron chi connectivity index (χ2n) is 5.12.